The molecule has 1 unspecified atom stereocenters. The molecular weight excluding hydrogens is 224 g/mol. The van der Waals surface area contributed by atoms with Gasteiger partial charge in [0.2, 0.25) is 0 Å². The molecule has 102 valence electrons. The molecule has 2 heterocycles. The second-order valence-corrected chi connectivity index (χ2v) is 5.41. The Kier molecular flexibility index (Phi) is 4.84. The van der Waals surface area contributed by atoms with Gasteiger partial charge in [0.25, 0.3) is 0 Å². The number of hydrogen-bond donors (Lipinski definition) is 0. The minimum absolute atomic E-state index is 0.530. The van der Waals surface area contributed by atoms with E-state index in [9.17, 15) is 0 Å². The molecule has 0 bridgehead atoms. The van der Waals surface area contributed by atoms with Crippen LogP contribution >= 0.6 is 0 Å². The van der Waals surface area contributed by atoms with Gasteiger partial charge in [-0.3, -0.25) is 0 Å². The number of furan rings is 1. The average Bonchev–Trinajstić information content (AvgIpc) is 2.83. The molecule has 1 aliphatic rings. The minimum Gasteiger partial charge on any atom is -0.466 e. The van der Waals surface area contributed by atoms with Crippen LogP contribution in [-0.2, 0) is 0 Å². The standard InChI is InChI=1S/C15H26N2O/c1-4-16-9-11-17(12-10-16)8-7-13(2)15-6-5-14(3)18-15/h5-6,13H,4,7-12H2,1-3H3. The lowest BCUT2D eigenvalue weighted by Crippen LogP contribution is -2.46. The molecule has 0 aliphatic carbocycles. The third-order valence-electron chi connectivity index (χ3n) is 4.04. The van der Waals surface area contributed by atoms with E-state index in [0.717, 1.165) is 11.5 Å². The summed E-state index contributed by atoms with van der Waals surface area (Å²) in [6, 6.07) is 4.18. The van der Waals surface area contributed by atoms with Crippen LogP contribution < -0.4 is 0 Å². The monoisotopic (exact) mass is 250 g/mol. The summed E-state index contributed by atoms with van der Waals surface area (Å²) in [7, 11) is 0. The molecule has 1 aromatic heterocycles. The van der Waals surface area contributed by atoms with Crippen molar-refractivity contribution in [2.24, 2.45) is 0 Å². The molecule has 1 atom stereocenters. The third-order valence-corrected chi connectivity index (χ3v) is 4.04. The average molecular weight is 250 g/mol. The van der Waals surface area contributed by atoms with Crippen LogP contribution in [0.2, 0.25) is 0 Å². The minimum atomic E-state index is 0.530. The Morgan fingerprint density at radius 2 is 1.83 bits per heavy atom. The SMILES string of the molecule is CCN1CCN(CCC(C)c2ccc(C)o2)CC1. The van der Waals surface area contributed by atoms with Crippen LogP contribution in [0.1, 0.15) is 37.7 Å². The summed E-state index contributed by atoms with van der Waals surface area (Å²) in [4.78, 5) is 5.11. The van der Waals surface area contributed by atoms with Gasteiger partial charge in [-0.05, 0) is 38.6 Å². The third kappa shape index (κ3) is 3.59. The number of likely N-dealkylation sites (N-methyl/N-ethyl adjacent to an activating group) is 1. The first kappa shape index (κ1) is 13.6. The Morgan fingerprint density at radius 3 is 2.39 bits per heavy atom. The van der Waals surface area contributed by atoms with Crippen LogP contribution in [0, 0.1) is 6.92 Å². The molecule has 2 rings (SSSR count). The first-order valence-corrected chi connectivity index (χ1v) is 7.20. The zero-order valence-electron chi connectivity index (χ0n) is 12.0. The lowest BCUT2D eigenvalue weighted by molar-refractivity contribution is 0.134. The van der Waals surface area contributed by atoms with Crippen molar-refractivity contribution in [2.45, 2.75) is 33.1 Å². The van der Waals surface area contributed by atoms with Crippen molar-refractivity contribution in [3.63, 3.8) is 0 Å². The Balaban J connectivity index is 1.72. The van der Waals surface area contributed by atoms with Crippen molar-refractivity contribution in [1.82, 2.24) is 9.80 Å². The van der Waals surface area contributed by atoms with Gasteiger partial charge < -0.3 is 14.2 Å². The van der Waals surface area contributed by atoms with E-state index in [1.165, 1.54) is 45.7 Å². The Morgan fingerprint density at radius 1 is 1.17 bits per heavy atom. The molecule has 0 radical (unpaired) electrons. The molecule has 0 spiro atoms. The topological polar surface area (TPSA) is 19.6 Å². The summed E-state index contributed by atoms with van der Waals surface area (Å²) in [5, 5.41) is 0. The second kappa shape index (κ2) is 6.39. The van der Waals surface area contributed by atoms with Crippen molar-refractivity contribution >= 4 is 0 Å². The fourth-order valence-corrected chi connectivity index (χ4v) is 2.57. The zero-order valence-corrected chi connectivity index (χ0v) is 12.0. The van der Waals surface area contributed by atoms with E-state index in [2.05, 4.69) is 35.8 Å². The van der Waals surface area contributed by atoms with E-state index in [4.69, 9.17) is 4.42 Å². The number of hydrogen-bond acceptors (Lipinski definition) is 3. The van der Waals surface area contributed by atoms with Crippen LogP contribution in [0.5, 0.6) is 0 Å². The second-order valence-electron chi connectivity index (χ2n) is 5.41. The van der Waals surface area contributed by atoms with Crippen molar-refractivity contribution in [3.8, 4) is 0 Å². The van der Waals surface area contributed by atoms with Crippen LogP contribution in [0.3, 0.4) is 0 Å². The van der Waals surface area contributed by atoms with E-state index in [0.29, 0.717) is 5.92 Å². The van der Waals surface area contributed by atoms with Gasteiger partial charge in [-0.1, -0.05) is 13.8 Å². The van der Waals surface area contributed by atoms with Crippen LogP contribution in [0.15, 0.2) is 16.5 Å². The van der Waals surface area contributed by atoms with Crippen LogP contribution in [0.4, 0.5) is 0 Å². The first-order valence-electron chi connectivity index (χ1n) is 7.20. The number of rotatable bonds is 5. The van der Waals surface area contributed by atoms with Gasteiger partial charge >= 0.3 is 0 Å². The van der Waals surface area contributed by atoms with Gasteiger partial charge in [0.05, 0.1) is 0 Å². The summed E-state index contributed by atoms with van der Waals surface area (Å²) in [5.41, 5.74) is 0. The maximum atomic E-state index is 5.69. The Bertz CT molecular complexity index is 353. The van der Waals surface area contributed by atoms with E-state index in [1.54, 1.807) is 0 Å². The molecule has 0 amide bonds. The Hall–Kier alpha value is -0.800. The molecule has 1 saturated heterocycles. The maximum absolute atomic E-state index is 5.69. The molecular formula is C15H26N2O. The first-order chi connectivity index (χ1) is 8.69. The largest absolute Gasteiger partial charge is 0.466 e. The molecule has 18 heavy (non-hydrogen) atoms. The van der Waals surface area contributed by atoms with Crippen molar-refractivity contribution in [3.05, 3.63) is 23.7 Å². The predicted octanol–water partition coefficient (Wildman–Crippen LogP) is 2.72. The molecule has 1 aliphatic heterocycles. The zero-order chi connectivity index (χ0) is 13.0. The fraction of sp³-hybridized carbons (Fsp3) is 0.733. The number of nitrogens with zero attached hydrogens (tertiary/aromatic N) is 2. The molecule has 0 N–H and O–H groups in total. The van der Waals surface area contributed by atoms with E-state index in [1.807, 2.05) is 6.92 Å². The van der Waals surface area contributed by atoms with E-state index >= 15 is 0 Å². The van der Waals surface area contributed by atoms with Crippen LogP contribution in [0.25, 0.3) is 0 Å². The van der Waals surface area contributed by atoms with Crippen LogP contribution in [-0.4, -0.2) is 49.1 Å². The van der Waals surface area contributed by atoms with Crippen molar-refractivity contribution in [1.29, 1.82) is 0 Å². The quantitative estimate of drug-likeness (QED) is 0.801. The Labute approximate surface area is 111 Å². The lowest BCUT2D eigenvalue weighted by atomic mass is 10.0. The van der Waals surface area contributed by atoms with Crippen molar-refractivity contribution in [2.75, 3.05) is 39.3 Å². The van der Waals surface area contributed by atoms with Gasteiger partial charge in [0.1, 0.15) is 11.5 Å². The molecule has 0 aromatic carbocycles. The van der Waals surface area contributed by atoms with Gasteiger partial charge in [-0.25, -0.2) is 0 Å². The highest BCUT2D eigenvalue weighted by atomic mass is 16.3. The normalized spacial score (nSPS) is 20.2. The highest BCUT2D eigenvalue weighted by molar-refractivity contribution is 5.09. The summed E-state index contributed by atoms with van der Waals surface area (Å²) in [6.45, 7) is 13.8. The van der Waals surface area contributed by atoms with Gasteiger partial charge in [-0.15, -0.1) is 0 Å². The van der Waals surface area contributed by atoms with Crippen molar-refractivity contribution < 1.29 is 4.42 Å². The summed E-state index contributed by atoms with van der Waals surface area (Å²) in [5.74, 6) is 2.69. The summed E-state index contributed by atoms with van der Waals surface area (Å²) >= 11 is 0. The number of aryl methyl sites for hydroxylation is 1. The fourth-order valence-electron chi connectivity index (χ4n) is 2.57. The van der Waals surface area contributed by atoms with E-state index < -0.39 is 0 Å². The van der Waals surface area contributed by atoms with E-state index in [-0.39, 0.29) is 0 Å². The summed E-state index contributed by atoms with van der Waals surface area (Å²) < 4.78 is 5.69. The molecule has 1 aromatic rings. The summed E-state index contributed by atoms with van der Waals surface area (Å²) in [6.07, 6.45) is 1.19. The molecule has 3 nitrogen and oxygen atoms in total. The predicted molar refractivity (Wildman–Crippen MR) is 75.0 cm³/mol. The molecule has 1 fully saturated rings. The van der Waals surface area contributed by atoms with Gasteiger partial charge in [0, 0.05) is 32.1 Å². The molecule has 3 heteroatoms. The highest BCUT2D eigenvalue weighted by Gasteiger charge is 2.17. The smallest absolute Gasteiger partial charge is 0.107 e. The maximum Gasteiger partial charge on any atom is 0.107 e. The van der Waals surface area contributed by atoms with Gasteiger partial charge in [0.15, 0.2) is 0 Å². The molecule has 0 saturated carbocycles. The van der Waals surface area contributed by atoms with Gasteiger partial charge in [-0.2, -0.15) is 0 Å². The highest BCUT2D eigenvalue weighted by Crippen LogP contribution is 2.21. The lowest BCUT2D eigenvalue weighted by Gasteiger charge is -2.34. The number of piperazine rings is 1.